The predicted octanol–water partition coefficient (Wildman–Crippen LogP) is 13.0. The van der Waals surface area contributed by atoms with Gasteiger partial charge in [-0.05, 0) is 128 Å². The number of carbonyl (C=O) groups is 9. The molecule has 0 radical (unpaired) electrons. The molecule has 0 aromatic carbocycles. The predicted molar refractivity (Wildman–Crippen MR) is 317 cm³/mol. The SMILES string of the molecule is CC(=O)OC(C)C.CC(=O)OC(C)C.CC(C)OC(=O)C(C)C.CC(C)OC(=O)OC(C)C.CC(C)OC(C)C.COC(=O)C(C)CSC(=O)C(C)C.COC(=O)C(C)CSC(=O)OC(C)C.COC(=O)C(C)CSC(C)C. The van der Waals surface area contributed by atoms with Gasteiger partial charge in [-0.15, -0.1) is 0 Å². The Morgan fingerprint density at radius 3 is 0.821 bits per heavy atom. The summed E-state index contributed by atoms with van der Waals surface area (Å²) in [7, 11) is 4.11. The van der Waals surface area contributed by atoms with Crippen molar-refractivity contribution in [2.75, 3.05) is 38.6 Å². The maximum atomic E-state index is 11.2. The summed E-state index contributed by atoms with van der Waals surface area (Å²) >= 11 is 3.97. The second-order valence-electron chi connectivity index (χ2n) is 19.9. The number of esters is 6. The van der Waals surface area contributed by atoms with Gasteiger partial charge in [-0.2, -0.15) is 11.8 Å². The topological polar surface area (TPSA) is 246 Å². The smallest absolute Gasteiger partial charge is 0.469 e. The zero-order chi connectivity index (χ0) is 63.6. The molecular weight excluding hydrogens is 1070 g/mol. The lowest BCUT2D eigenvalue weighted by Crippen LogP contribution is -2.16. The fraction of sp³-hybridized carbons (Fsp3) is 0.839. The van der Waals surface area contributed by atoms with E-state index in [-0.39, 0.29) is 112 Å². The van der Waals surface area contributed by atoms with E-state index < -0.39 is 6.16 Å². The Hall–Kier alpha value is -3.76. The van der Waals surface area contributed by atoms with Gasteiger partial charge in [0, 0.05) is 37.0 Å². The molecule has 0 heterocycles. The minimum Gasteiger partial charge on any atom is -0.469 e. The molecule has 0 fully saturated rings. The van der Waals surface area contributed by atoms with Gasteiger partial charge in [-0.3, -0.25) is 33.6 Å². The van der Waals surface area contributed by atoms with E-state index in [2.05, 4.69) is 37.5 Å². The first-order valence-corrected chi connectivity index (χ1v) is 29.4. The number of rotatable bonds is 20. The van der Waals surface area contributed by atoms with Crippen LogP contribution in [-0.4, -0.2) is 145 Å². The maximum absolute atomic E-state index is 11.2. The molecule has 0 aromatic rings. The first-order valence-electron chi connectivity index (χ1n) is 26.4. The van der Waals surface area contributed by atoms with Crippen molar-refractivity contribution in [1.29, 1.82) is 0 Å². The highest BCUT2D eigenvalue weighted by molar-refractivity contribution is 8.13. The molecule has 78 heavy (non-hydrogen) atoms. The van der Waals surface area contributed by atoms with Crippen molar-refractivity contribution in [3.63, 3.8) is 0 Å². The van der Waals surface area contributed by atoms with Crippen molar-refractivity contribution in [2.45, 2.75) is 241 Å². The van der Waals surface area contributed by atoms with E-state index in [1.165, 1.54) is 46.9 Å². The van der Waals surface area contributed by atoms with E-state index in [9.17, 15) is 43.2 Å². The van der Waals surface area contributed by atoms with Gasteiger partial charge in [-0.1, -0.05) is 74.1 Å². The van der Waals surface area contributed by atoms with E-state index in [4.69, 9.17) is 23.7 Å². The quantitative estimate of drug-likeness (QED) is 0.0812. The van der Waals surface area contributed by atoms with Crippen LogP contribution in [0.3, 0.4) is 0 Å². The number of methoxy groups -OCH3 is 3. The van der Waals surface area contributed by atoms with E-state index >= 15 is 0 Å². The molecule has 3 unspecified atom stereocenters. The van der Waals surface area contributed by atoms with E-state index in [1.54, 1.807) is 67.2 Å². The molecule has 0 spiro atoms. The summed E-state index contributed by atoms with van der Waals surface area (Å²) in [6.07, 6.45) is -0.110. The summed E-state index contributed by atoms with van der Waals surface area (Å²) in [6.45, 7) is 49.6. The Bertz CT molecular complexity index is 1510. The van der Waals surface area contributed by atoms with Gasteiger partial charge in [0.15, 0.2) is 5.12 Å². The van der Waals surface area contributed by atoms with Crippen LogP contribution in [-0.2, 0) is 80.9 Å². The fourth-order valence-electron chi connectivity index (χ4n) is 3.93. The number of hydrogen-bond donors (Lipinski definition) is 0. The van der Waals surface area contributed by atoms with E-state index in [0.29, 0.717) is 29.0 Å². The molecule has 0 amide bonds. The molecule has 3 atom stereocenters. The Labute approximate surface area is 485 Å². The van der Waals surface area contributed by atoms with Gasteiger partial charge in [0.05, 0.1) is 93.8 Å². The normalized spacial score (nSPS) is 11.3. The number of hydrogen-bond acceptors (Lipinski definition) is 22. The Kier molecular flexibility index (Phi) is 67.4. The third kappa shape index (κ3) is 86.1. The fourth-order valence-corrected chi connectivity index (χ4v) is 6.40. The van der Waals surface area contributed by atoms with Crippen LogP contribution in [0.1, 0.15) is 187 Å². The van der Waals surface area contributed by atoms with Crippen LogP contribution in [0, 0.1) is 29.6 Å². The van der Waals surface area contributed by atoms with Gasteiger partial charge in [0.2, 0.25) is 0 Å². The summed E-state index contributed by atoms with van der Waals surface area (Å²) < 4.78 is 47.3. The van der Waals surface area contributed by atoms with Gasteiger partial charge in [0.1, 0.15) is 0 Å². The highest BCUT2D eigenvalue weighted by Gasteiger charge is 2.18. The minimum atomic E-state index is -0.593. The van der Waals surface area contributed by atoms with Crippen LogP contribution in [0.5, 0.6) is 0 Å². The van der Waals surface area contributed by atoms with Gasteiger partial charge >= 0.3 is 47.3 Å². The Morgan fingerprint density at radius 1 is 0.333 bits per heavy atom. The zero-order valence-corrected chi connectivity index (χ0v) is 56.1. The lowest BCUT2D eigenvalue weighted by atomic mass is 10.2. The molecule has 0 aromatic heterocycles. The third-order valence-corrected chi connectivity index (χ3v) is 10.8. The number of carbonyl (C=O) groups excluding carboxylic acids is 9. The summed E-state index contributed by atoms with van der Waals surface area (Å²) in [5, 5.41) is 0.355. The van der Waals surface area contributed by atoms with Crippen LogP contribution in [0.15, 0.2) is 0 Å². The van der Waals surface area contributed by atoms with Gasteiger partial charge in [0.25, 0.3) is 0 Å². The van der Waals surface area contributed by atoms with Crippen LogP contribution < -0.4 is 0 Å². The maximum Gasteiger partial charge on any atom is 0.508 e. The number of ether oxygens (including phenoxy) is 10. The average molecular weight is 1180 g/mol. The van der Waals surface area contributed by atoms with Gasteiger partial charge in [-0.25, -0.2) is 9.59 Å². The molecule has 0 aliphatic rings. The highest BCUT2D eigenvalue weighted by atomic mass is 32.2. The first-order chi connectivity index (χ1) is 35.5. The average Bonchev–Trinajstić information content (AvgIpc) is 3.27. The van der Waals surface area contributed by atoms with Crippen molar-refractivity contribution in [2.24, 2.45) is 29.6 Å². The van der Waals surface area contributed by atoms with E-state index in [1.807, 2.05) is 104 Å². The molecule has 19 nitrogen and oxygen atoms in total. The summed E-state index contributed by atoms with van der Waals surface area (Å²) in [5.74, 6) is 0.0517. The molecule has 0 aliphatic heterocycles. The molecule has 466 valence electrons. The Morgan fingerprint density at radius 2 is 0.628 bits per heavy atom. The van der Waals surface area contributed by atoms with Gasteiger partial charge < -0.3 is 47.4 Å². The number of thioether (sulfide) groups is 3. The monoisotopic (exact) mass is 1180 g/mol. The lowest BCUT2D eigenvalue weighted by molar-refractivity contribution is -0.151. The standard InChI is InChI=1S/C9H16O4S.C9H16O3S.C8H16O2S.C7H14O3.C7H14O2.C6H14O.2C5H10O2/c1-6(2)13-9(11)14-5-7(3)8(10)12-4;1-6(2)9(11)13-5-7(3)8(10)12-4;1-6(2)11-5-7(3)8(9)10-4;1-5(2)9-7(8)10-6(3)4;1-5(2)7(8)9-6(3)4;1-5(2)7-6(3)4;2*1-4(2)7-5(3)6/h6-7H,5H2,1-4H3;6-7H,5H2,1-4H3;6-7H,5H2,1-4H3;5-6H,1-4H3;5-6H,1-4H3;5-6H,1-4H3;2*4H,1-3H3. The summed E-state index contributed by atoms with van der Waals surface area (Å²) in [4.78, 5) is 96.4. The van der Waals surface area contributed by atoms with Crippen LogP contribution >= 0.6 is 35.3 Å². The molecule has 0 N–H and O–H groups in total. The first kappa shape index (κ1) is 90.8. The summed E-state index contributed by atoms with van der Waals surface area (Å²) in [5.41, 5.74) is 0. The summed E-state index contributed by atoms with van der Waals surface area (Å²) in [6, 6.07) is 0. The molecule has 0 saturated carbocycles. The second-order valence-corrected chi connectivity index (χ2v) is 23.5. The van der Waals surface area contributed by atoms with Crippen molar-refractivity contribution in [3.05, 3.63) is 0 Å². The van der Waals surface area contributed by atoms with Crippen molar-refractivity contribution in [1.82, 2.24) is 0 Å². The molecule has 0 aliphatic carbocycles. The zero-order valence-electron chi connectivity index (χ0n) is 53.7. The highest BCUT2D eigenvalue weighted by Crippen LogP contribution is 2.16. The molecular formula is C56H110O19S3. The van der Waals surface area contributed by atoms with Crippen LogP contribution in [0.4, 0.5) is 9.59 Å². The largest absolute Gasteiger partial charge is 0.508 e. The minimum absolute atomic E-state index is 0.00704. The lowest BCUT2D eigenvalue weighted by Gasteiger charge is -2.10. The van der Waals surface area contributed by atoms with Crippen molar-refractivity contribution in [3.8, 4) is 0 Å². The molecule has 22 heteroatoms. The molecule has 0 saturated heterocycles. The van der Waals surface area contributed by atoms with Crippen molar-refractivity contribution >= 4 is 87.7 Å². The Balaban J connectivity index is -0.000000121. The third-order valence-electron chi connectivity index (χ3n) is 7.06. The van der Waals surface area contributed by atoms with Crippen molar-refractivity contribution < 1.29 is 90.5 Å². The van der Waals surface area contributed by atoms with Crippen LogP contribution in [0.25, 0.3) is 0 Å². The second kappa shape index (κ2) is 57.9. The molecule has 0 bridgehead atoms. The molecule has 0 rings (SSSR count). The van der Waals surface area contributed by atoms with Crippen LogP contribution in [0.2, 0.25) is 0 Å². The van der Waals surface area contributed by atoms with E-state index in [0.717, 1.165) is 17.5 Å².